The smallest absolute Gasteiger partial charge is 0.319 e. The minimum atomic E-state index is -0.578. The number of nitrogens with zero attached hydrogens (tertiary/aromatic N) is 3. The molecule has 0 radical (unpaired) electrons. The van der Waals surface area contributed by atoms with Crippen molar-refractivity contribution in [2.24, 2.45) is 5.73 Å². The minimum Gasteiger partial charge on any atom is -0.390 e. The van der Waals surface area contributed by atoms with E-state index in [1.165, 1.54) is 4.90 Å². The molecule has 7 heteroatoms. The molecule has 126 valence electrons. The summed E-state index contributed by atoms with van der Waals surface area (Å²) in [5, 5.41) is 10.1. The number of nitrogens with two attached hydrogens (primary N) is 1. The number of amides is 3. The van der Waals surface area contributed by atoms with Crippen molar-refractivity contribution >= 4 is 11.9 Å². The van der Waals surface area contributed by atoms with Gasteiger partial charge in [-0.3, -0.25) is 9.69 Å². The first kappa shape index (κ1) is 17.2. The first-order valence-corrected chi connectivity index (χ1v) is 7.62. The van der Waals surface area contributed by atoms with Crippen molar-refractivity contribution in [3.05, 3.63) is 35.4 Å². The number of urea groups is 1. The quantitative estimate of drug-likeness (QED) is 0.817. The Morgan fingerprint density at radius 1 is 1.22 bits per heavy atom. The summed E-state index contributed by atoms with van der Waals surface area (Å²) < 4.78 is 0. The third kappa shape index (κ3) is 4.67. The highest BCUT2D eigenvalue weighted by atomic mass is 16.3. The third-order valence-electron chi connectivity index (χ3n) is 3.88. The molecule has 1 atom stereocenters. The van der Waals surface area contributed by atoms with Gasteiger partial charge in [-0.05, 0) is 17.7 Å². The fourth-order valence-corrected chi connectivity index (χ4v) is 2.69. The highest BCUT2D eigenvalue weighted by Gasteiger charge is 2.25. The molecule has 1 heterocycles. The number of carbonyl (C=O) groups is 2. The first-order chi connectivity index (χ1) is 10.9. The fraction of sp³-hybridized carbons (Fsp3) is 0.500. The summed E-state index contributed by atoms with van der Waals surface area (Å²) in [4.78, 5) is 28.4. The maximum Gasteiger partial charge on any atom is 0.319 e. The van der Waals surface area contributed by atoms with Crippen LogP contribution in [-0.2, 0) is 6.54 Å². The molecular formula is C16H24N4O3. The van der Waals surface area contributed by atoms with Gasteiger partial charge in [0, 0.05) is 52.4 Å². The summed E-state index contributed by atoms with van der Waals surface area (Å²) >= 11 is 0. The van der Waals surface area contributed by atoms with Crippen molar-refractivity contribution in [1.82, 2.24) is 14.7 Å². The van der Waals surface area contributed by atoms with E-state index in [2.05, 4.69) is 4.90 Å². The molecule has 3 amide bonds. The lowest BCUT2D eigenvalue weighted by Gasteiger charge is -2.25. The van der Waals surface area contributed by atoms with Crippen LogP contribution in [-0.4, -0.2) is 78.1 Å². The third-order valence-corrected chi connectivity index (χ3v) is 3.88. The van der Waals surface area contributed by atoms with E-state index in [0.717, 1.165) is 5.56 Å². The van der Waals surface area contributed by atoms with Crippen LogP contribution in [0.1, 0.15) is 15.9 Å². The van der Waals surface area contributed by atoms with Crippen molar-refractivity contribution < 1.29 is 14.7 Å². The highest BCUT2D eigenvalue weighted by molar-refractivity contribution is 5.92. The number of β-amino-alcohol motifs (C(OH)–C–C–N with tert-alkyl or cyclic N) is 1. The van der Waals surface area contributed by atoms with Crippen molar-refractivity contribution in [2.45, 2.75) is 12.6 Å². The maximum atomic E-state index is 12.0. The summed E-state index contributed by atoms with van der Waals surface area (Å²) in [6.07, 6.45) is -0.578. The number of primary amides is 1. The van der Waals surface area contributed by atoms with Crippen molar-refractivity contribution in [3.63, 3.8) is 0 Å². The molecule has 1 aromatic rings. The van der Waals surface area contributed by atoms with Gasteiger partial charge in [-0.25, -0.2) is 4.79 Å². The predicted octanol–water partition coefficient (Wildman–Crippen LogP) is -0.0544. The first-order valence-electron chi connectivity index (χ1n) is 7.62. The second-order valence-corrected chi connectivity index (χ2v) is 6.07. The Hall–Kier alpha value is -2.12. The number of benzene rings is 1. The second kappa shape index (κ2) is 7.43. The van der Waals surface area contributed by atoms with E-state index in [4.69, 9.17) is 5.73 Å². The van der Waals surface area contributed by atoms with Crippen LogP contribution in [0.15, 0.2) is 24.3 Å². The molecule has 0 bridgehead atoms. The predicted molar refractivity (Wildman–Crippen MR) is 86.9 cm³/mol. The fourth-order valence-electron chi connectivity index (χ4n) is 2.69. The zero-order valence-corrected chi connectivity index (χ0v) is 13.6. The molecule has 0 aliphatic carbocycles. The molecule has 3 N–H and O–H groups in total. The highest BCUT2D eigenvalue weighted by Crippen LogP contribution is 2.11. The van der Waals surface area contributed by atoms with Crippen LogP contribution in [0.4, 0.5) is 4.79 Å². The zero-order chi connectivity index (χ0) is 17.0. The van der Waals surface area contributed by atoms with Crippen LogP contribution < -0.4 is 5.73 Å². The van der Waals surface area contributed by atoms with E-state index >= 15 is 0 Å². The van der Waals surface area contributed by atoms with Gasteiger partial charge in [-0.2, -0.15) is 0 Å². The number of rotatable bonds is 3. The molecule has 0 spiro atoms. The Morgan fingerprint density at radius 3 is 2.43 bits per heavy atom. The summed E-state index contributed by atoms with van der Waals surface area (Å²) in [6, 6.07) is 7.04. The molecule has 1 aliphatic rings. The average molecular weight is 320 g/mol. The molecule has 1 aromatic carbocycles. The average Bonchev–Trinajstić information content (AvgIpc) is 2.68. The standard InChI is InChI=1S/C16H24N4O3/c1-18(2)16(23)20-8-7-19(10-14(21)11-20)9-12-3-5-13(6-4-12)15(17)22/h3-6,14,21H,7-11H2,1-2H3,(H2,17,22)/t14-/m0/s1. The van der Waals surface area contributed by atoms with Crippen LogP contribution in [0.25, 0.3) is 0 Å². The lowest BCUT2D eigenvalue weighted by atomic mass is 10.1. The van der Waals surface area contributed by atoms with Gasteiger partial charge in [0.1, 0.15) is 0 Å². The largest absolute Gasteiger partial charge is 0.390 e. The Morgan fingerprint density at radius 2 is 1.87 bits per heavy atom. The summed E-state index contributed by atoms with van der Waals surface area (Å²) in [6.45, 7) is 2.77. The molecule has 1 saturated heterocycles. The van der Waals surface area contributed by atoms with Crippen molar-refractivity contribution in [3.8, 4) is 0 Å². The number of hydrogen-bond donors (Lipinski definition) is 2. The summed E-state index contributed by atoms with van der Waals surface area (Å²) in [5.41, 5.74) is 6.75. The molecule has 0 saturated carbocycles. The Kier molecular flexibility index (Phi) is 5.57. The Labute approximate surface area is 136 Å². The van der Waals surface area contributed by atoms with Crippen LogP contribution in [0.2, 0.25) is 0 Å². The Balaban J connectivity index is 1.98. The molecule has 2 rings (SSSR count). The molecule has 23 heavy (non-hydrogen) atoms. The maximum absolute atomic E-state index is 12.0. The SMILES string of the molecule is CN(C)C(=O)N1CCN(Cc2ccc(C(N)=O)cc2)C[C@H](O)C1. The van der Waals surface area contributed by atoms with Gasteiger partial charge >= 0.3 is 6.03 Å². The van der Waals surface area contributed by atoms with Gasteiger partial charge in [0.25, 0.3) is 0 Å². The minimum absolute atomic E-state index is 0.0864. The monoisotopic (exact) mass is 320 g/mol. The number of aliphatic hydroxyl groups is 1. The van der Waals surface area contributed by atoms with Gasteiger partial charge < -0.3 is 20.6 Å². The normalized spacial score (nSPS) is 19.3. The van der Waals surface area contributed by atoms with E-state index in [9.17, 15) is 14.7 Å². The lowest BCUT2D eigenvalue weighted by Crippen LogP contribution is -2.43. The van der Waals surface area contributed by atoms with Gasteiger partial charge in [0.2, 0.25) is 5.91 Å². The number of hydrogen-bond acceptors (Lipinski definition) is 4. The summed E-state index contributed by atoms with van der Waals surface area (Å²) in [5.74, 6) is -0.445. The zero-order valence-electron chi connectivity index (χ0n) is 13.6. The summed E-state index contributed by atoms with van der Waals surface area (Å²) in [7, 11) is 3.41. The van der Waals surface area contributed by atoms with Crippen LogP contribution in [0.5, 0.6) is 0 Å². The molecule has 7 nitrogen and oxygen atoms in total. The van der Waals surface area contributed by atoms with Crippen molar-refractivity contribution in [1.29, 1.82) is 0 Å². The Bertz CT molecular complexity index is 559. The second-order valence-electron chi connectivity index (χ2n) is 6.07. The van der Waals surface area contributed by atoms with Crippen LogP contribution >= 0.6 is 0 Å². The molecule has 1 fully saturated rings. The number of carbonyl (C=O) groups excluding carboxylic acids is 2. The van der Waals surface area contributed by atoms with Gasteiger partial charge in [-0.1, -0.05) is 12.1 Å². The van der Waals surface area contributed by atoms with E-state index < -0.39 is 12.0 Å². The van der Waals surface area contributed by atoms with Gasteiger partial charge in [0.05, 0.1) is 6.10 Å². The topological polar surface area (TPSA) is 90.1 Å². The molecule has 0 unspecified atom stereocenters. The molecular weight excluding hydrogens is 296 g/mol. The van der Waals surface area contributed by atoms with E-state index in [-0.39, 0.29) is 6.03 Å². The van der Waals surface area contributed by atoms with Crippen LogP contribution in [0, 0.1) is 0 Å². The van der Waals surface area contributed by atoms with E-state index in [1.54, 1.807) is 31.1 Å². The van der Waals surface area contributed by atoms with Crippen molar-refractivity contribution in [2.75, 3.05) is 40.3 Å². The van der Waals surface area contributed by atoms with Gasteiger partial charge in [-0.15, -0.1) is 0 Å². The lowest BCUT2D eigenvalue weighted by molar-refractivity contribution is 0.1000. The van der Waals surface area contributed by atoms with Gasteiger partial charge in [0.15, 0.2) is 0 Å². The van der Waals surface area contributed by atoms with Crippen LogP contribution in [0.3, 0.4) is 0 Å². The molecule has 0 aromatic heterocycles. The number of aliphatic hydroxyl groups excluding tert-OH is 1. The van der Waals surface area contributed by atoms with E-state index in [1.807, 2.05) is 12.1 Å². The van der Waals surface area contributed by atoms with E-state index in [0.29, 0.717) is 38.3 Å². The molecule has 1 aliphatic heterocycles.